The van der Waals surface area contributed by atoms with Crippen LogP contribution in [0.3, 0.4) is 0 Å². The van der Waals surface area contributed by atoms with Crippen LogP contribution in [0.2, 0.25) is 0 Å². The Bertz CT molecular complexity index is 276. The van der Waals surface area contributed by atoms with Gasteiger partial charge < -0.3 is 4.90 Å². The maximum atomic E-state index is 6.18. The molecule has 0 aromatic carbocycles. The number of halogens is 1. The highest BCUT2D eigenvalue weighted by molar-refractivity contribution is 6.31. The van der Waals surface area contributed by atoms with Crippen molar-refractivity contribution in [2.24, 2.45) is 0 Å². The van der Waals surface area contributed by atoms with E-state index in [2.05, 4.69) is 24.0 Å². The first-order chi connectivity index (χ1) is 7.31. The molecule has 15 heavy (non-hydrogen) atoms. The average Bonchev–Trinajstić information content (AvgIpc) is 3.06. The van der Waals surface area contributed by atoms with Gasteiger partial charge in [0, 0.05) is 17.6 Å². The van der Waals surface area contributed by atoms with Gasteiger partial charge >= 0.3 is 0 Å². The van der Waals surface area contributed by atoms with Gasteiger partial charge in [0.05, 0.1) is 0 Å². The first kappa shape index (κ1) is 11.2. The molecule has 2 aliphatic rings. The molecular weight excluding hydrogens is 206 g/mol. The largest absolute Gasteiger partial charge is 0.300 e. The Morgan fingerprint density at radius 2 is 2.27 bits per heavy atom. The van der Waals surface area contributed by atoms with Gasteiger partial charge in [-0.1, -0.05) is 30.2 Å². The molecule has 0 unspecified atom stereocenters. The highest BCUT2D eigenvalue weighted by Crippen LogP contribution is 2.29. The Morgan fingerprint density at radius 1 is 1.47 bits per heavy atom. The van der Waals surface area contributed by atoms with E-state index in [1.54, 1.807) is 0 Å². The summed E-state index contributed by atoms with van der Waals surface area (Å²) in [5, 5.41) is 0.994. The third-order valence-electron chi connectivity index (χ3n) is 3.38. The molecule has 0 heterocycles. The van der Waals surface area contributed by atoms with Gasteiger partial charge in [0.15, 0.2) is 0 Å². The van der Waals surface area contributed by atoms with E-state index in [1.807, 2.05) is 0 Å². The monoisotopic (exact) mass is 225 g/mol. The van der Waals surface area contributed by atoms with Gasteiger partial charge in [-0.3, -0.25) is 0 Å². The van der Waals surface area contributed by atoms with E-state index in [9.17, 15) is 0 Å². The highest BCUT2D eigenvalue weighted by Gasteiger charge is 2.27. The van der Waals surface area contributed by atoms with Crippen molar-refractivity contribution in [2.75, 3.05) is 13.1 Å². The third-order valence-corrected chi connectivity index (χ3v) is 3.78. The lowest BCUT2D eigenvalue weighted by Crippen LogP contribution is -2.27. The molecule has 1 fully saturated rings. The summed E-state index contributed by atoms with van der Waals surface area (Å²) in [6.45, 7) is 4.64. The molecular formula is C13H20ClN. The van der Waals surface area contributed by atoms with E-state index in [0.29, 0.717) is 0 Å². The second-order valence-electron chi connectivity index (χ2n) is 4.50. The predicted molar refractivity (Wildman–Crippen MR) is 66.1 cm³/mol. The van der Waals surface area contributed by atoms with Crippen molar-refractivity contribution in [2.45, 2.75) is 45.1 Å². The number of hydrogen-bond acceptors (Lipinski definition) is 1. The van der Waals surface area contributed by atoms with Crippen LogP contribution in [-0.2, 0) is 0 Å². The van der Waals surface area contributed by atoms with Crippen LogP contribution >= 0.6 is 11.6 Å². The zero-order valence-corrected chi connectivity index (χ0v) is 10.3. The Hall–Kier alpha value is -0.270. The minimum Gasteiger partial charge on any atom is -0.300 e. The summed E-state index contributed by atoms with van der Waals surface area (Å²) in [7, 11) is 0. The summed E-state index contributed by atoms with van der Waals surface area (Å²) in [6, 6.07) is 0.883. The van der Waals surface area contributed by atoms with E-state index in [4.69, 9.17) is 11.6 Å². The molecule has 0 amide bonds. The molecule has 2 rings (SSSR count). The Kier molecular flexibility index (Phi) is 3.87. The molecule has 84 valence electrons. The van der Waals surface area contributed by atoms with E-state index in [-0.39, 0.29) is 0 Å². The van der Waals surface area contributed by atoms with Gasteiger partial charge in [-0.2, -0.15) is 0 Å². The summed E-state index contributed by atoms with van der Waals surface area (Å²) < 4.78 is 0. The Labute approximate surface area is 97.8 Å². The lowest BCUT2D eigenvalue weighted by molar-refractivity contribution is 0.280. The van der Waals surface area contributed by atoms with Crippen molar-refractivity contribution in [1.29, 1.82) is 0 Å². The smallest absolute Gasteiger partial charge is 0.0395 e. The number of hydrogen-bond donors (Lipinski definition) is 0. The van der Waals surface area contributed by atoms with Crippen LogP contribution in [0.25, 0.3) is 0 Å². The molecule has 0 spiro atoms. The summed E-state index contributed by atoms with van der Waals surface area (Å²) >= 11 is 6.18. The fraction of sp³-hybridized carbons (Fsp3) is 0.692. The second-order valence-corrected chi connectivity index (χ2v) is 4.91. The molecule has 0 bridgehead atoms. The quantitative estimate of drug-likeness (QED) is 0.690. The number of allylic oxidation sites excluding steroid dienone is 3. The first-order valence-corrected chi connectivity index (χ1v) is 6.47. The molecule has 0 atom stereocenters. The number of rotatable bonds is 5. The molecule has 0 N–H and O–H groups in total. The van der Waals surface area contributed by atoms with Crippen LogP contribution in [0.5, 0.6) is 0 Å². The molecule has 0 aliphatic heterocycles. The van der Waals surface area contributed by atoms with Crippen LogP contribution in [0.4, 0.5) is 0 Å². The number of nitrogens with zero attached hydrogens (tertiary/aromatic N) is 1. The molecule has 0 aromatic rings. The van der Waals surface area contributed by atoms with Gasteiger partial charge in [-0.25, -0.2) is 0 Å². The van der Waals surface area contributed by atoms with Gasteiger partial charge in [-0.15, -0.1) is 0 Å². The summed E-state index contributed by atoms with van der Waals surface area (Å²) in [6.07, 6.45) is 10.5. The lowest BCUT2D eigenvalue weighted by atomic mass is 10.0. The zero-order valence-electron chi connectivity index (χ0n) is 9.51. The third kappa shape index (κ3) is 3.09. The maximum Gasteiger partial charge on any atom is 0.0395 e. The SMILES string of the molecule is CCN(CCC1=C(Cl)C=CCC1)C1CC1. The van der Waals surface area contributed by atoms with E-state index >= 15 is 0 Å². The minimum absolute atomic E-state index is 0.883. The summed E-state index contributed by atoms with van der Waals surface area (Å²) in [5.41, 5.74) is 1.46. The lowest BCUT2D eigenvalue weighted by Gasteiger charge is -2.21. The summed E-state index contributed by atoms with van der Waals surface area (Å²) in [4.78, 5) is 2.59. The Balaban J connectivity index is 1.83. The maximum absolute atomic E-state index is 6.18. The zero-order chi connectivity index (χ0) is 10.7. The van der Waals surface area contributed by atoms with Crippen LogP contribution in [-0.4, -0.2) is 24.0 Å². The topological polar surface area (TPSA) is 3.24 Å². The molecule has 0 saturated heterocycles. The van der Waals surface area contributed by atoms with Crippen molar-refractivity contribution < 1.29 is 0 Å². The molecule has 2 aliphatic carbocycles. The fourth-order valence-corrected chi connectivity index (χ4v) is 2.52. The Morgan fingerprint density at radius 3 is 2.87 bits per heavy atom. The van der Waals surface area contributed by atoms with Crippen molar-refractivity contribution in [1.82, 2.24) is 4.90 Å². The summed E-state index contributed by atoms with van der Waals surface area (Å²) in [5.74, 6) is 0. The molecule has 1 saturated carbocycles. The van der Waals surface area contributed by atoms with Gasteiger partial charge in [0.25, 0.3) is 0 Å². The predicted octanol–water partition coefficient (Wildman–Crippen LogP) is 3.70. The standard InChI is InChI=1S/C13H20ClN/c1-2-15(12-7-8-12)10-9-11-5-3-4-6-13(11)14/h4,6,12H,2-3,5,7-10H2,1H3. The van der Waals surface area contributed by atoms with E-state index < -0.39 is 0 Å². The fourth-order valence-electron chi connectivity index (χ4n) is 2.24. The van der Waals surface area contributed by atoms with E-state index in [1.165, 1.54) is 37.9 Å². The van der Waals surface area contributed by atoms with Crippen molar-refractivity contribution in [3.63, 3.8) is 0 Å². The van der Waals surface area contributed by atoms with Crippen LogP contribution < -0.4 is 0 Å². The van der Waals surface area contributed by atoms with Gasteiger partial charge in [-0.05, 0) is 44.7 Å². The normalized spacial score (nSPS) is 21.5. The average molecular weight is 226 g/mol. The van der Waals surface area contributed by atoms with Crippen molar-refractivity contribution in [3.8, 4) is 0 Å². The van der Waals surface area contributed by atoms with Gasteiger partial charge in [0.1, 0.15) is 0 Å². The molecule has 1 nitrogen and oxygen atoms in total. The van der Waals surface area contributed by atoms with Crippen LogP contribution in [0.1, 0.15) is 39.0 Å². The van der Waals surface area contributed by atoms with Crippen LogP contribution in [0.15, 0.2) is 22.8 Å². The van der Waals surface area contributed by atoms with Crippen molar-refractivity contribution in [3.05, 3.63) is 22.8 Å². The first-order valence-electron chi connectivity index (χ1n) is 6.09. The molecule has 0 radical (unpaired) electrons. The molecule has 2 heteroatoms. The van der Waals surface area contributed by atoms with Crippen LogP contribution in [0, 0.1) is 0 Å². The second kappa shape index (κ2) is 5.18. The molecule has 0 aromatic heterocycles. The van der Waals surface area contributed by atoms with Crippen molar-refractivity contribution >= 4 is 11.6 Å². The highest BCUT2D eigenvalue weighted by atomic mass is 35.5. The van der Waals surface area contributed by atoms with E-state index in [0.717, 1.165) is 23.9 Å². The minimum atomic E-state index is 0.883. The van der Waals surface area contributed by atoms with Gasteiger partial charge in [0.2, 0.25) is 0 Å².